The van der Waals surface area contributed by atoms with Gasteiger partial charge in [0.05, 0.1) is 5.41 Å². The maximum Gasteiger partial charge on any atom is 0.227 e. The van der Waals surface area contributed by atoms with Gasteiger partial charge < -0.3 is 11.1 Å². The molecule has 14 heavy (non-hydrogen) atoms. The van der Waals surface area contributed by atoms with E-state index in [1.54, 1.807) is 0 Å². The number of carbonyl (C=O) groups excluding carboxylic acids is 1. The predicted octanol–water partition coefficient (Wildman–Crippen LogP) is 0.983. The minimum absolute atomic E-state index is 0.157. The molecule has 1 amide bonds. The zero-order valence-electron chi connectivity index (χ0n) is 9.01. The highest BCUT2D eigenvalue weighted by Crippen LogP contribution is 2.44. The van der Waals surface area contributed by atoms with Crippen LogP contribution < -0.4 is 11.1 Å². The second kappa shape index (κ2) is 5.03. The normalized spacial score (nSPS) is 20.2. The number of rotatable bonds is 6. The molecule has 1 aliphatic carbocycles. The van der Waals surface area contributed by atoms with Crippen molar-refractivity contribution >= 4 is 17.7 Å². The van der Waals surface area contributed by atoms with Gasteiger partial charge >= 0.3 is 0 Å². The van der Waals surface area contributed by atoms with Crippen molar-refractivity contribution in [2.75, 3.05) is 18.1 Å². The van der Waals surface area contributed by atoms with Gasteiger partial charge in [0.25, 0.3) is 0 Å². The van der Waals surface area contributed by atoms with Crippen LogP contribution in [0.1, 0.15) is 26.7 Å². The summed E-state index contributed by atoms with van der Waals surface area (Å²) in [4.78, 5) is 11.7. The van der Waals surface area contributed by atoms with Crippen LogP contribution in [0.5, 0.6) is 0 Å². The first-order chi connectivity index (χ1) is 6.64. The molecule has 3 nitrogen and oxygen atoms in total. The Morgan fingerprint density at radius 2 is 2.29 bits per heavy atom. The van der Waals surface area contributed by atoms with Crippen LogP contribution in [0, 0.1) is 5.41 Å². The van der Waals surface area contributed by atoms with Crippen LogP contribution in [-0.2, 0) is 4.79 Å². The van der Waals surface area contributed by atoms with E-state index in [4.69, 9.17) is 5.73 Å². The minimum atomic E-state index is -0.203. The lowest BCUT2D eigenvalue weighted by Crippen LogP contribution is -2.42. The monoisotopic (exact) mass is 216 g/mol. The van der Waals surface area contributed by atoms with E-state index in [0.29, 0.717) is 6.54 Å². The Balaban J connectivity index is 2.26. The maximum atomic E-state index is 11.7. The molecular formula is C10H20N2OS. The fourth-order valence-electron chi connectivity index (χ4n) is 1.39. The van der Waals surface area contributed by atoms with Crippen molar-refractivity contribution < 1.29 is 4.79 Å². The van der Waals surface area contributed by atoms with Crippen LogP contribution >= 0.6 is 11.8 Å². The Morgan fingerprint density at radius 3 is 2.71 bits per heavy atom. The van der Waals surface area contributed by atoms with E-state index in [1.807, 2.05) is 18.7 Å². The molecule has 1 aliphatic rings. The summed E-state index contributed by atoms with van der Waals surface area (Å²) < 4.78 is 0. The summed E-state index contributed by atoms with van der Waals surface area (Å²) in [6, 6.07) is 0.261. The molecule has 3 N–H and O–H groups in total. The summed E-state index contributed by atoms with van der Waals surface area (Å²) in [6.07, 6.45) is 1.92. The molecular weight excluding hydrogens is 196 g/mol. The number of carbonyl (C=O) groups is 1. The molecule has 0 aromatic heterocycles. The fraction of sp³-hybridized carbons (Fsp3) is 0.900. The van der Waals surface area contributed by atoms with Crippen LogP contribution in [-0.4, -0.2) is 30.0 Å². The van der Waals surface area contributed by atoms with Crippen molar-refractivity contribution in [2.24, 2.45) is 11.1 Å². The molecule has 0 aliphatic heterocycles. The van der Waals surface area contributed by atoms with Crippen molar-refractivity contribution in [1.29, 1.82) is 0 Å². The molecule has 1 unspecified atom stereocenters. The van der Waals surface area contributed by atoms with E-state index in [0.717, 1.165) is 24.3 Å². The molecule has 4 heteroatoms. The van der Waals surface area contributed by atoms with Gasteiger partial charge in [-0.2, -0.15) is 11.8 Å². The van der Waals surface area contributed by atoms with Crippen LogP contribution in [0.2, 0.25) is 0 Å². The third-order valence-electron chi connectivity index (χ3n) is 2.68. The van der Waals surface area contributed by atoms with E-state index in [-0.39, 0.29) is 17.4 Å². The van der Waals surface area contributed by atoms with E-state index in [2.05, 4.69) is 12.2 Å². The second-order valence-electron chi connectivity index (χ2n) is 4.02. The van der Waals surface area contributed by atoms with Crippen molar-refractivity contribution in [3.05, 3.63) is 0 Å². The maximum absolute atomic E-state index is 11.7. The lowest BCUT2D eigenvalue weighted by molar-refractivity contribution is -0.126. The number of thioether (sulfide) groups is 1. The summed E-state index contributed by atoms with van der Waals surface area (Å²) in [5.74, 6) is 2.25. The first-order valence-electron chi connectivity index (χ1n) is 5.23. The van der Waals surface area contributed by atoms with Crippen molar-refractivity contribution in [1.82, 2.24) is 5.32 Å². The molecule has 0 spiro atoms. The van der Waals surface area contributed by atoms with Crippen molar-refractivity contribution in [2.45, 2.75) is 32.7 Å². The zero-order chi connectivity index (χ0) is 10.6. The summed E-state index contributed by atoms with van der Waals surface area (Å²) in [5, 5.41) is 3.03. The molecule has 0 bridgehead atoms. The summed E-state index contributed by atoms with van der Waals surface area (Å²) in [6.45, 7) is 4.67. The van der Waals surface area contributed by atoms with E-state index in [9.17, 15) is 4.79 Å². The van der Waals surface area contributed by atoms with Gasteiger partial charge in [0.1, 0.15) is 0 Å². The standard InChI is InChI=1S/C10H20N2OS/c1-3-14-6-8(2)12-9(13)10(7-11)4-5-10/h8H,3-7,11H2,1-2H3,(H,12,13). The summed E-state index contributed by atoms with van der Waals surface area (Å²) in [7, 11) is 0. The van der Waals surface area contributed by atoms with Gasteiger partial charge in [0.15, 0.2) is 0 Å². The number of nitrogens with one attached hydrogen (secondary N) is 1. The number of hydrogen-bond acceptors (Lipinski definition) is 3. The third kappa shape index (κ3) is 2.89. The highest BCUT2D eigenvalue weighted by Gasteiger charge is 2.48. The molecule has 1 atom stereocenters. The first kappa shape index (κ1) is 11.9. The van der Waals surface area contributed by atoms with Crippen LogP contribution in [0.4, 0.5) is 0 Å². The van der Waals surface area contributed by atoms with Gasteiger partial charge in [-0.05, 0) is 25.5 Å². The lowest BCUT2D eigenvalue weighted by Gasteiger charge is -2.17. The highest BCUT2D eigenvalue weighted by molar-refractivity contribution is 7.99. The smallest absolute Gasteiger partial charge is 0.227 e. The fourth-order valence-corrected chi connectivity index (χ4v) is 2.06. The number of nitrogens with two attached hydrogens (primary N) is 1. The van der Waals surface area contributed by atoms with E-state index < -0.39 is 0 Å². The van der Waals surface area contributed by atoms with Crippen molar-refractivity contribution in [3.8, 4) is 0 Å². The average molecular weight is 216 g/mol. The largest absolute Gasteiger partial charge is 0.352 e. The molecule has 0 aromatic rings. The molecule has 1 saturated carbocycles. The Kier molecular flexibility index (Phi) is 4.26. The quantitative estimate of drug-likeness (QED) is 0.696. The Bertz CT molecular complexity index is 204. The predicted molar refractivity (Wildman–Crippen MR) is 61.3 cm³/mol. The average Bonchev–Trinajstić information content (AvgIpc) is 2.95. The molecule has 1 rings (SSSR count). The minimum Gasteiger partial charge on any atom is -0.352 e. The van der Waals surface area contributed by atoms with Gasteiger partial charge in [-0.3, -0.25) is 4.79 Å². The Labute approximate surface area is 90.2 Å². The van der Waals surface area contributed by atoms with E-state index >= 15 is 0 Å². The second-order valence-corrected chi connectivity index (χ2v) is 5.34. The molecule has 0 aromatic carbocycles. The zero-order valence-corrected chi connectivity index (χ0v) is 9.82. The summed E-state index contributed by atoms with van der Waals surface area (Å²) >= 11 is 1.85. The van der Waals surface area contributed by atoms with Crippen LogP contribution in [0.15, 0.2) is 0 Å². The van der Waals surface area contributed by atoms with Crippen LogP contribution in [0.3, 0.4) is 0 Å². The topological polar surface area (TPSA) is 55.1 Å². The molecule has 0 radical (unpaired) electrons. The number of hydrogen-bond donors (Lipinski definition) is 2. The molecule has 0 saturated heterocycles. The Hall–Kier alpha value is -0.220. The highest BCUT2D eigenvalue weighted by atomic mass is 32.2. The first-order valence-corrected chi connectivity index (χ1v) is 6.39. The number of amides is 1. The van der Waals surface area contributed by atoms with Gasteiger partial charge in [-0.15, -0.1) is 0 Å². The van der Waals surface area contributed by atoms with Crippen LogP contribution in [0.25, 0.3) is 0 Å². The van der Waals surface area contributed by atoms with Gasteiger partial charge in [-0.25, -0.2) is 0 Å². The summed E-state index contributed by atoms with van der Waals surface area (Å²) in [5.41, 5.74) is 5.38. The van der Waals surface area contributed by atoms with Gasteiger partial charge in [-0.1, -0.05) is 6.92 Å². The third-order valence-corrected chi connectivity index (χ3v) is 3.82. The van der Waals surface area contributed by atoms with Crippen molar-refractivity contribution in [3.63, 3.8) is 0 Å². The van der Waals surface area contributed by atoms with Gasteiger partial charge in [0.2, 0.25) is 5.91 Å². The van der Waals surface area contributed by atoms with E-state index in [1.165, 1.54) is 0 Å². The van der Waals surface area contributed by atoms with Gasteiger partial charge in [0, 0.05) is 18.3 Å². The SMILES string of the molecule is CCSCC(C)NC(=O)C1(CN)CC1. The molecule has 82 valence electrons. The molecule has 1 fully saturated rings. The lowest BCUT2D eigenvalue weighted by atomic mass is 10.1. The molecule has 0 heterocycles. The Morgan fingerprint density at radius 1 is 1.64 bits per heavy atom.